The predicted octanol–water partition coefficient (Wildman–Crippen LogP) is 6.41. The van der Waals surface area contributed by atoms with Crippen LogP contribution in [0.1, 0.15) is 76.5 Å². The Balaban J connectivity index is 0.707. The largest absolute Gasteiger partial charge is 0.379 e. The molecule has 4 aromatic rings. The first kappa shape index (κ1) is 59.3. The van der Waals surface area contributed by atoms with Gasteiger partial charge in [0.2, 0.25) is 26.0 Å². The van der Waals surface area contributed by atoms with Gasteiger partial charge >= 0.3 is 6.03 Å². The third kappa shape index (κ3) is 18.4. The Kier molecular flexibility index (Phi) is 23.7. The summed E-state index contributed by atoms with van der Waals surface area (Å²) in [5, 5.41) is 10.2. The van der Waals surface area contributed by atoms with Crippen molar-refractivity contribution in [3.05, 3.63) is 127 Å². The number of nitrogens with one attached hydrogen (secondary N) is 5. The standard InChI is InChI=1S/C52H70Cl3N7O10S2/c1-37-27-43-45(33-61(2)35-47(43)49(54)28-37)38-9-6-11-41(29-38)73(65,66)59-17-21-71-24-23-69-19-8-13-51(63)56-14-4-5-15-57-52(64)58-16-20-70-25-26-72-22-18-60-74(67,68)42-12-7-10-39(30-42)46-34-62(3)36-48-44(46)31-40(53)32-50(48)55/h6-7,9-12,27-32,45-46,59-60H,4-5,8,13-26,33-36H2,1-3H3,(H,56,63)(H2,57,58,64)/t45-,46+/m1/s1. The number of hydrogen-bond acceptors (Lipinski definition) is 12. The molecule has 2 aliphatic heterocycles. The van der Waals surface area contributed by atoms with E-state index in [-0.39, 0.29) is 86.3 Å². The molecule has 0 radical (unpaired) electrons. The second kappa shape index (κ2) is 29.5. The summed E-state index contributed by atoms with van der Waals surface area (Å²) in [5.41, 5.74) is 7.03. The molecule has 74 heavy (non-hydrogen) atoms. The van der Waals surface area contributed by atoms with Gasteiger partial charge in [0.05, 0.1) is 56.0 Å². The summed E-state index contributed by atoms with van der Waals surface area (Å²) < 4.78 is 80.0. The minimum Gasteiger partial charge on any atom is -0.379 e. The van der Waals surface area contributed by atoms with E-state index in [2.05, 4.69) is 41.3 Å². The van der Waals surface area contributed by atoms with Crippen molar-refractivity contribution in [2.45, 2.75) is 67.3 Å². The predicted molar refractivity (Wildman–Crippen MR) is 288 cm³/mol. The zero-order valence-corrected chi connectivity index (χ0v) is 46.3. The maximum atomic E-state index is 13.2. The number of ether oxygens (including phenoxy) is 4. The van der Waals surface area contributed by atoms with Gasteiger partial charge in [0.15, 0.2) is 0 Å². The molecule has 406 valence electrons. The van der Waals surface area contributed by atoms with E-state index in [0.29, 0.717) is 81.7 Å². The number of sulfonamides is 2. The average molecular weight is 1120 g/mol. The maximum absolute atomic E-state index is 13.2. The van der Waals surface area contributed by atoms with Crippen molar-refractivity contribution in [2.75, 3.05) is 113 Å². The average Bonchev–Trinajstić information content (AvgIpc) is 3.36. The molecule has 0 aliphatic carbocycles. The number of carbonyl (C=O) groups is 2. The first-order chi connectivity index (χ1) is 35.5. The number of carbonyl (C=O) groups excluding carboxylic acids is 2. The third-order valence-electron chi connectivity index (χ3n) is 12.6. The number of halogens is 3. The van der Waals surface area contributed by atoms with Gasteiger partial charge in [0.1, 0.15) is 0 Å². The minimum absolute atomic E-state index is 0.00618. The highest BCUT2D eigenvalue weighted by molar-refractivity contribution is 7.89. The van der Waals surface area contributed by atoms with Gasteiger partial charge in [-0.05, 0) is 122 Å². The summed E-state index contributed by atoms with van der Waals surface area (Å²) in [7, 11) is -3.51. The first-order valence-electron chi connectivity index (χ1n) is 24.9. The van der Waals surface area contributed by atoms with Crippen LogP contribution in [0.25, 0.3) is 0 Å². The normalized spacial score (nSPS) is 16.1. The van der Waals surface area contributed by atoms with Crippen molar-refractivity contribution >= 4 is 66.8 Å². The third-order valence-corrected chi connectivity index (χ3v) is 16.4. The van der Waals surface area contributed by atoms with E-state index in [1.54, 1.807) is 42.5 Å². The molecule has 6 rings (SSSR count). The molecule has 2 aliphatic rings. The number of rotatable bonds is 30. The Labute approximate surface area is 451 Å². The van der Waals surface area contributed by atoms with E-state index in [9.17, 15) is 26.4 Å². The highest BCUT2D eigenvalue weighted by atomic mass is 35.5. The molecule has 0 saturated heterocycles. The fourth-order valence-electron chi connectivity index (χ4n) is 8.94. The van der Waals surface area contributed by atoms with Crippen LogP contribution in [0.4, 0.5) is 4.79 Å². The van der Waals surface area contributed by atoms with Gasteiger partial charge in [-0.15, -0.1) is 0 Å². The van der Waals surface area contributed by atoms with Crippen molar-refractivity contribution in [2.24, 2.45) is 0 Å². The number of benzene rings is 4. The molecule has 0 fully saturated rings. The summed E-state index contributed by atoms with van der Waals surface area (Å²) in [4.78, 5) is 29.0. The lowest BCUT2D eigenvalue weighted by molar-refractivity contribution is -0.121. The first-order valence-corrected chi connectivity index (χ1v) is 29.0. The Morgan fingerprint density at radius 3 is 1.59 bits per heavy atom. The van der Waals surface area contributed by atoms with Crippen LogP contribution in [0, 0.1) is 6.92 Å². The molecule has 0 aromatic heterocycles. The van der Waals surface area contributed by atoms with Crippen LogP contribution in [-0.2, 0) is 56.9 Å². The monoisotopic (exact) mass is 1120 g/mol. The second-order valence-corrected chi connectivity index (χ2v) is 23.3. The van der Waals surface area contributed by atoms with Gasteiger partial charge < -0.3 is 44.7 Å². The molecule has 0 unspecified atom stereocenters. The molecule has 5 N–H and O–H groups in total. The number of unbranched alkanes of at least 4 members (excludes halogenated alkanes) is 1. The van der Waals surface area contributed by atoms with Crippen molar-refractivity contribution in [3.8, 4) is 0 Å². The number of hydrogen-bond donors (Lipinski definition) is 5. The molecule has 0 spiro atoms. The van der Waals surface area contributed by atoms with E-state index in [1.807, 2.05) is 45.3 Å². The van der Waals surface area contributed by atoms with Crippen molar-refractivity contribution < 1.29 is 45.4 Å². The van der Waals surface area contributed by atoms with Crippen LogP contribution in [0.15, 0.2) is 82.6 Å². The summed E-state index contributed by atoms with van der Waals surface area (Å²) in [6.07, 6.45) is 2.24. The summed E-state index contributed by atoms with van der Waals surface area (Å²) in [6, 6.07) is 21.4. The lowest BCUT2D eigenvalue weighted by atomic mass is 9.84. The van der Waals surface area contributed by atoms with E-state index in [4.69, 9.17) is 53.8 Å². The SMILES string of the molecule is Cc1cc(Cl)c2c(c1)[C@@H](c1cccc(S(=O)(=O)NCCOCCOCCCC(=O)NCCCCNC(=O)NCCOCCOCCNS(=O)(=O)c3cccc([C@@H]4CN(C)Cc5c(Cl)cc(Cl)cc54)c3)c1)CN(C)C2. The molecular formula is C52H70Cl3N7O10S2. The Morgan fingerprint density at radius 2 is 1.04 bits per heavy atom. The number of fused-ring (bicyclic) bond motifs is 2. The van der Waals surface area contributed by atoms with Crippen LogP contribution in [-0.4, -0.2) is 151 Å². The number of amides is 3. The highest BCUT2D eigenvalue weighted by Crippen LogP contribution is 2.40. The topological polar surface area (TPSA) is 206 Å². The molecule has 0 bridgehead atoms. The summed E-state index contributed by atoms with van der Waals surface area (Å²) >= 11 is 19.5. The van der Waals surface area contributed by atoms with E-state index >= 15 is 0 Å². The summed E-state index contributed by atoms with van der Waals surface area (Å²) in [5.74, 6) is -0.178. The van der Waals surface area contributed by atoms with Gasteiger partial charge in [-0.3, -0.25) is 4.79 Å². The molecule has 4 aromatic carbocycles. The lowest BCUT2D eigenvalue weighted by Crippen LogP contribution is -2.38. The second-order valence-electron chi connectivity index (χ2n) is 18.5. The molecule has 17 nitrogen and oxygen atoms in total. The zero-order valence-electron chi connectivity index (χ0n) is 42.4. The zero-order chi connectivity index (χ0) is 53.1. The van der Waals surface area contributed by atoms with Crippen LogP contribution in [0.2, 0.25) is 15.1 Å². The number of nitrogens with zero attached hydrogens (tertiary/aromatic N) is 2. The maximum Gasteiger partial charge on any atom is 0.314 e. The fraction of sp³-hybridized carbons (Fsp3) is 0.500. The smallest absolute Gasteiger partial charge is 0.314 e. The van der Waals surface area contributed by atoms with Crippen LogP contribution < -0.4 is 25.4 Å². The fourth-order valence-corrected chi connectivity index (χ4v) is 12.0. The highest BCUT2D eigenvalue weighted by Gasteiger charge is 2.30. The molecule has 22 heteroatoms. The Morgan fingerprint density at radius 1 is 0.568 bits per heavy atom. The van der Waals surface area contributed by atoms with E-state index in [0.717, 1.165) is 57.1 Å². The molecular weight excluding hydrogens is 1050 g/mol. The number of likely N-dealkylation sites (N-methyl/N-ethyl adjacent to an activating group) is 2. The molecule has 0 saturated carbocycles. The lowest BCUT2D eigenvalue weighted by Gasteiger charge is -2.33. The van der Waals surface area contributed by atoms with Gasteiger partial charge in [0, 0.05) is 98.8 Å². The van der Waals surface area contributed by atoms with Crippen molar-refractivity contribution in [3.63, 3.8) is 0 Å². The van der Waals surface area contributed by atoms with Crippen LogP contribution >= 0.6 is 34.8 Å². The summed E-state index contributed by atoms with van der Waals surface area (Å²) in [6.45, 7) is 8.44. The van der Waals surface area contributed by atoms with Crippen molar-refractivity contribution in [1.82, 2.24) is 35.2 Å². The van der Waals surface area contributed by atoms with Crippen LogP contribution in [0.3, 0.4) is 0 Å². The minimum atomic E-state index is -3.79. The molecule has 2 atom stereocenters. The number of urea groups is 1. The quantitative estimate of drug-likeness (QED) is 0.0360. The van der Waals surface area contributed by atoms with Crippen molar-refractivity contribution in [1.29, 1.82) is 0 Å². The van der Waals surface area contributed by atoms with Gasteiger partial charge in [-0.2, -0.15) is 0 Å². The Hall–Kier alpha value is -3.93. The van der Waals surface area contributed by atoms with Gasteiger partial charge in [-0.1, -0.05) is 65.1 Å². The van der Waals surface area contributed by atoms with E-state index < -0.39 is 20.0 Å². The molecule has 2 heterocycles. The van der Waals surface area contributed by atoms with Crippen LogP contribution in [0.5, 0.6) is 0 Å². The number of aryl methyl sites for hydroxylation is 1. The van der Waals surface area contributed by atoms with Gasteiger partial charge in [-0.25, -0.2) is 31.1 Å². The Bertz CT molecular complexity index is 2540. The van der Waals surface area contributed by atoms with E-state index in [1.165, 1.54) is 0 Å². The van der Waals surface area contributed by atoms with Gasteiger partial charge in [0.25, 0.3) is 0 Å². The molecule has 3 amide bonds.